The third-order valence-corrected chi connectivity index (χ3v) is 3.74. The minimum atomic E-state index is -0.741. The van der Waals surface area contributed by atoms with E-state index in [1.807, 2.05) is 12.1 Å². The fourth-order valence-electron chi connectivity index (χ4n) is 2.81. The minimum absolute atomic E-state index is 0.0367. The lowest BCUT2D eigenvalue weighted by Crippen LogP contribution is -2.43. The van der Waals surface area contributed by atoms with E-state index in [1.54, 1.807) is 12.1 Å². The number of piperidine rings is 1. The van der Waals surface area contributed by atoms with Crippen molar-refractivity contribution < 1.29 is 9.59 Å². The first-order valence-corrected chi connectivity index (χ1v) is 5.65. The van der Waals surface area contributed by atoms with E-state index in [9.17, 15) is 9.59 Å². The first-order chi connectivity index (χ1) is 7.76. The number of carbonyl (C=O) groups excluding carboxylic acids is 2. The van der Waals surface area contributed by atoms with Crippen LogP contribution in [0, 0.1) is 5.41 Å². The van der Waals surface area contributed by atoms with E-state index in [2.05, 4.69) is 5.32 Å². The average Bonchev–Trinajstić information content (AvgIpc) is 2.55. The Balaban J connectivity index is 2.13. The van der Waals surface area contributed by atoms with Crippen LogP contribution in [0.25, 0.3) is 0 Å². The number of carbonyl (C=O) groups is 2. The van der Waals surface area contributed by atoms with Crippen molar-refractivity contribution in [3.05, 3.63) is 35.4 Å². The lowest BCUT2D eigenvalue weighted by molar-refractivity contribution is 0.0641. The summed E-state index contributed by atoms with van der Waals surface area (Å²) in [7, 11) is 0. The minimum Gasteiger partial charge on any atom is -0.317 e. The van der Waals surface area contributed by atoms with Gasteiger partial charge in [0.1, 0.15) is 0 Å². The first-order valence-electron chi connectivity index (χ1n) is 5.65. The molecule has 2 aliphatic rings. The highest BCUT2D eigenvalue weighted by molar-refractivity contribution is 6.29. The van der Waals surface area contributed by atoms with E-state index in [-0.39, 0.29) is 11.6 Å². The molecule has 0 unspecified atom stereocenters. The largest absolute Gasteiger partial charge is 0.317 e. The second-order valence-corrected chi connectivity index (χ2v) is 4.54. The van der Waals surface area contributed by atoms with Crippen molar-refractivity contribution in [3.63, 3.8) is 0 Å². The van der Waals surface area contributed by atoms with Crippen LogP contribution in [-0.2, 0) is 0 Å². The fraction of sp³-hybridized carbons (Fsp3) is 0.385. The summed E-state index contributed by atoms with van der Waals surface area (Å²) in [6.45, 7) is 1.51. The van der Waals surface area contributed by atoms with Crippen molar-refractivity contribution in [2.24, 2.45) is 5.41 Å². The van der Waals surface area contributed by atoms with Crippen molar-refractivity contribution in [3.8, 4) is 0 Å². The topological polar surface area (TPSA) is 46.2 Å². The Labute approximate surface area is 93.8 Å². The quantitative estimate of drug-likeness (QED) is 0.666. The zero-order valence-corrected chi connectivity index (χ0v) is 8.95. The molecule has 3 rings (SSSR count). The second kappa shape index (κ2) is 3.25. The molecule has 1 aliphatic heterocycles. The Morgan fingerprint density at radius 1 is 0.938 bits per heavy atom. The number of hydrogen-bond donors (Lipinski definition) is 1. The van der Waals surface area contributed by atoms with E-state index in [1.165, 1.54) is 0 Å². The molecule has 3 nitrogen and oxygen atoms in total. The lowest BCUT2D eigenvalue weighted by atomic mass is 9.75. The summed E-state index contributed by atoms with van der Waals surface area (Å²) in [6.07, 6.45) is 1.28. The monoisotopic (exact) mass is 215 g/mol. The number of benzene rings is 1. The van der Waals surface area contributed by atoms with Crippen LogP contribution in [0.2, 0.25) is 0 Å². The number of nitrogens with one attached hydrogen (secondary N) is 1. The molecule has 16 heavy (non-hydrogen) atoms. The number of fused-ring (bicyclic) bond motifs is 1. The highest BCUT2D eigenvalue weighted by Gasteiger charge is 2.52. The Morgan fingerprint density at radius 2 is 1.44 bits per heavy atom. The first kappa shape index (κ1) is 9.73. The molecule has 0 saturated carbocycles. The molecule has 0 aromatic heterocycles. The molecule has 0 radical (unpaired) electrons. The van der Waals surface area contributed by atoms with Gasteiger partial charge in [0.15, 0.2) is 11.6 Å². The summed E-state index contributed by atoms with van der Waals surface area (Å²) in [5.41, 5.74) is 0.498. The molecule has 1 heterocycles. The van der Waals surface area contributed by atoms with Crippen LogP contribution < -0.4 is 5.32 Å². The summed E-state index contributed by atoms with van der Waals surface area (Å²) in [6, 6.07) is 7.19. The summed E-state index contributed by atoms with van der Waals surface area (Å²) in [4.78, 5) is 24.7. The number of ketones is 2. The van der Waals surface area contributed by atoms with Crippen LogP contribution in [-0.4, -0.2) is 24.7 Å². The maximum absolute atomic E-state index is 12.3. The van der Waals surface area contributed by atoms with Crippen LogP contribution in [0.1, 0.15) is 33.6 Å². The van der Waals surface area contributed by atoms with Crippen LogP contribution in [0.5, 0.6) is 0 Å². The van der Waals surface area contributed by atoms with Crippen molar-refractivity contribution in [2.45, 2.75) is 12.8 Å². The van der Waals surface area contributed by atoms with Crippen molar-refractivity contribution in [1.82, 2.24) is 5.32 Å². The van der Waals surface area contributed by atoms with Gasteiger partial charge in [-0.05, 0) is 25.9 Å². The van der Waals surface area contributed by atoms with Gasteiger partial charge in [-0.25, -0.2) is 0 Å². The number of Topliss-reactive ketones (excluding diaryl/α,β-unsaturated/α-hetero) is 2. The van der Waals surface area contributed by atoms with E-state index in [0.29, 0.717) is 24.0 Å². The summed E-state index contributed by atoms with van der Waals surface area (Å²) in [5, 5.41) is 3.20. The van der Waals surface area contributed by atoms with Crippen molar-refractivity contribution in [2.75, 3.05) is 13.1 Å². The van der Waals surface area contributed by atoms with Gasteiger partial charge in [0.25, 0.3) is 0 Å². The Hall–Kier alpha value is -1.48. The predicted molar refractivity (Wildman–Crippen MR) is 59.6 cm³/mol. The van der Waals surface area contributed by atoms with Crippen molar-refractivity contribution >= 4 is 11.6 Å². The van der Waals surface area contributed by atoms with Gasteiger partial charge in [-0.3, -0.25) is 9.59 Å². The standard InChI is InChI=1S/C13H13NO2/c15-11-9-3-1-2-4-10(9)12(16)13(11)5-7-14-8-6-13/h1-4,14H,5-8H2. The van der Waals surface area contributed by atoms with Crippen molar-refractivity contribution in [1.29, 1.82) is 0 Å². The normalized spacial score (nSPS) is 22.5. The third kappa shape index (κ3) is 1.06. The zero-order valence-electron chi connectivity index (χ0n) is 8.95. The SMILES string of the molecule is O=C1c2ccccc2C(=O)C12CCNCC2. The maximum Gasteiger partial charge on any atom is 0.177 e. The van der Waals surface area contributed by atoms with Gasteiger partial charge in [0.05, 0.1) is 5.41 Å². The van der Waals surface area contributed by atoms with Crippen LogP contribution in [0.15, 0.2) is 24.3 Å². The van der Waals surface area contributed by atoms with Gasteiger partial charge >= 0.3 is 0 Å². The number of hydrogen-bond acceptors (Lipinski definition) is 3. The zero-order chi connectivity index (χ0) is 11.2. The second-order valence-electron chi connectivity index (χ2n) is 4.54. The molecular formula is C13H13NO2. The van der Waals surface area contributed by atoms with Crippen LogP contribution >= 0.6 is 0 Å². The summed E-state index contributed by atoms with van der Waals surface area (Å²) < 4.78 is 0. The smallest absolute Gasteiger partial charge is 0.177 e. The van der Waals surface area contributed by atoms with Gasteiger partial charge in [0, 0.05) is 11.1 Å². The average molecular weight is 215 g/mol. The Kier molecular flexibility index (Phi) is 1.98. The molecule has 0 bridgehead atoms. The summed E-state index contributed by atoms with van der Waals surface area (Å²) in [5.74, 6) is 0.0733. The van der Waals surface area contributed by atoms with E-state index < -0.39 is 5.41 Å². The summed E-state index contributed by atoms with van der Waals surface area (Å²) >= 11 is 0. The molecule has 82 valence electrons. The van der Waals surface area contributed by atoms with E-state index in [4.69, 9.17) is 0 Å². The third-order valence-electron chi connectivity index (χ3n) is 3.74. The number of rotatable bonds is 0. The van der Waals surface area contributed by atoms with Crippen LogP contribution in [0.3, 0.4) is 0 Å². The maximum atomic E-state index is 12.3. The molecule has 1 N–H and O–H groups in total. The molecule has 3 heteroatoms. The lowest BCUT2D eigenvalue weighted by Gasteiger charge is -2.30. The Morgan fingerprint density at radius 3 is 1.94 bits per heavy atom. The molecule has 0 atom stereocenters. The molecule has 1 saturated heterocycles. The molecule has 1 aromatic carbocycles. The molecule has 1 fully saturated rings. The molecule has 0 amide bonds. The highest BCUT2D eigenvalue weighted by atomic mass is 16.2. The van der Waals surface area contributed by atoms with E-state index in [0.717, 1.165) is 13.1 Å². The van der Waals surface area contributed by atoms with Gasteiger partial charge in [-0.15, -0.1) is 0 Å². The molecular weight excluding hydrogens is 202 g/mol. The molecule has 1 aromatic rings. The highest BCUT2D eigenvalue weighted by Crippen LogP contribution is 2.42. The Bertz CT molecular complexity index is 436. The van der Waals surface area contributed by atoms with Gasteiger partial charge in [-0.1, -0.05) is 24.3 Å². The predicted octanol–water partition coefficient (Wildman–Crippen LogP) is 1.44. The fourth-order valence-corrected chi connectivity index (χ4v) is 2.81. The van der Waals surface area contributed by atoms with Crippen LogP contribution in [0.4, 0.5) is 0 Å². The van der Waals surface area contributed by atoms with Gasteiger partial charge < -0.3 is 5.32 Å². The van der Waals surface area contributed by atoms with E-state index >= 15 is 0 Å². The van der Waals surface area contributed by atoms with Gasteiger partial charge in [-0.2, -0.15) is 0 Å². The molecule has 1 spiro atoms. The molecule has 1 aliphatic carbocycles. The van der Waals surface area contributed by atoms with Gasteiger partial charge in [0.2, 0.25) is 0 Å².